The van der Waals surface area contributed by atoms with Crippen LogP contribution >= 0.6 is 0 Å². The molecule has 1 aliphatic heterocycles. The van der Waals surface area contributed by atoms with Crippen LogP contribution in [0.1, 0.15) is 26.7 Å². The van der Waals surface area contributed by atoms with E-state index in [9.17, 15) is 9.90 Å². The third kappa shape index (κ3) is 3.27. The first-order valence-electron chi connectivity index (χ1n) is 5.11. The van der Waals surface area contributed by atoms with Gasteiger partial charge in [-0.05, 0) is 33.2 Å². The van der Waals surface area contributed by atoms with E-state index in [-0.39, 0.29) is 11.9 Å². The predicted octanol–water partition coefficient (Wildman–Crippen LogP) is -0.0323. The molecule has 1 fully saturated rings. The third-order valence-corrected chi connectivity index (χ3v) is 2.36. The summed E-state index contributed by atoms with van der Waals surface area (Å²) in [6.45, 7) is 4.72. The van der Waals surface area contributed by atoms with Gasteiger partial charge in [-0.2, -0.15) is 0 Å². The fourth-order valence-corrected chi connectivity index (χ4v) is 1.82. The third-order valence-electron chi connectivity index (χ3n) is 2.36. The lowest BCUT2D eigenvalue weighted by molar-refractivity contribution is -0.134. The maximum Gasteiger partial charge on any atom is 0.239 e. The van der Waals surface area contributed by atoms with E-state index in [1.807, 2.05) is 0 Å². The Morgan fingerprint density at radius 3 is 2.71 bits per heavy atom. The van der Waals surface area contributed by atoms with Crippen LogP contribution in [0.25, 0.3) is 0 Å². The molecule has 1 heterocycles. The summed E-state index contributed by atoms with van der Waals surface area (Å²) in [5.41, 5.74) is -0.816. The van der Waals surface area contributed by atoms with E-state index in [0.29, 0.717) is 6.54 Å². The van der Waals surface area contributed by atoms with Crippen molar-refractivity contribution < 1.29 is 9.90 Å². The number of hydrogen-bond donors (Lipinski definition) is 2. The van der Waals surface area contributed by atoms with Crippen molar-refractivity contribution in [2.45, 2.75) is 38.3 Å². The van der Waals surface area contributed by atoms with Crippen LogP contribution in [0.4, 0.5) is 0 Å². The molecule has 0 saturated carbocycles. The van der Waals surface area contributed by atoms with Crippen molar-refractivity contribution in [2.24, 2.45) is 0 Å². The number of aliphatic hydroxyl groups is 1. The lowest BCUT2D eigenvalue weighted by Gasteiger charge is -2.27. The molecule has 14 heavy (non-hydrogen) atoms. The first-order chi connectivity index (χ1) is 6.40. The van der Waals surface area contributed by atoms with Gasteiger partial charge in [-0.3, -0.25) is 4.79 Å². The molecule has 1 aliphatic rings. The zero-order valence-electron chi connectivity index (χ0n) is 9.21. The van der Waals surface area contributed by atoms with Crippen molar-refractivity contribution in [3.05, 3.63) is 0 Å². The van der Waals surface area contributed by atoms with E-state index in [1.54, 1.807) is 25.8 Å². The molecule has 0 aromatic carbocycles. The summed E-state index contributed by atoms with van der Waals surface area (Å²) >= 11 is 0. The number of rotatable bonds is 3. The van der Waals surface area contributed by atoms with Crippen LogP contribution in [0.3, 0.4) is 0 Å². The minimum atomic E-state index is -0.816. The Balaban J connectivity index is 2.43. The quantitative estimate of drug-likeness (QED) is 0.672. The minimum absolute atomic E-state index is 0.0395. The van der Waals surface area contributed by atoms with Gasteiger partial charge in [0.05, 0.1) is 11.6 Å². The lowest BCUT2D eigenvalue weighted by atomic mass is 10.1. The molecule has 0 aromatic heterocycles. The summed E-state index contributed by atoms with van der Waals surface area (Å²) in [5, 5.41) is 12.7. The predicted molar refractivity (Wildman–Crippen MR) is 55.0 cm³/mol. The summed E-state index contributed by atoms with van der Waals surface area (Å²) in [7, 11) is 1.74. The number of likely N-dealkylation sites (N-methyl/N-ethyl adjacent to an activating group) is 1. The van der Waals surface area contributed by atoms with Crippen molar-refractivity contribution in [1.82, 2.24) is 10.2 Å². The summed E-state index contributed by atoms with van der Waals surface area (Å²) in [6.07, 6.45) is 1.97. The maximum absolute atomic E-state index is 11.8. The van der Waals surface area contributed by atoms with Gasteiger partial charge in [0.15, 0.2) is 0 Å². The summed E-state index contributed by atoms with van der Waals surface area (Å²) < 4.78 is 0. The average Bonchev–Trinajstić information content (AvgIpc) is 2.51. The number of hydrogen-bond acceptors (Lipinski definition) is 3. The Morgan fingerprint density at radius 2 is 2.29 bits per heavy atom. The molecule has 0 unspecified atom stereocenters. The molecular weight excluding hydrogens is 180 g/mol. The number of amides is 1. The van der Waals surface area contributed by atoms with E-state index < -0.39 is 5.60 Å². The van der Waals surface area contributed by atoms with Crippen LogP contribution in [0.5, 0.6) is 0 Å². The molecule has 0 spiro atoms. The normalized spacial score (nSPS) is 22.4. The van der Waals surface area contributed by atoms with E-state index in [2.05, 4.69) is 5.32 Å². The molecule has 2 N–H and O–H groups in total. The Kier molecular flexibility index (Phi) is 3.50. The molecule has 1 atom stereocenters. The molecule has 4 nitrogen and oxygen atoms in total. The van der Waals surface area contributed by atoms with Crippen molar-refractivity contribution >= 4 is 5.91 Å². The van der Waals surface area contributed by atoms with Gasteiger partial charge in [0.2, 0.25) is 5.91 Å². The highest BCUT2D eigenvalue weighted by Gasteiger charge is 2.27. The van der Waals surface area contributed by atoms with Crippen LogP contribution < -0.4 is 5.32 Å². The SMILES string of the molecule is CN(CC(C)(C)O)C(=O)[C@H]1CCCN1. The molecule has 0 bridgehead atoms. The number of carbonyl (C=O) groups is 1. The maximum atomic E-state index is 11.8. The van der Waals surface area contributed by atoms with E-state index in [1.165, 1.54) is 0 Å². The molecular formula is C10H20N2O2. The Labute approximate surface area is 85.3 Å². The van der Waals surface area contributed by atoms with E-state index >= 15 is 0 Å². The second-order valence-corrected chi connectivity index (χ2v) is 4.66. The van der Waals surface area contributed by atoms with Crippen LogP contribution in [-0.2, 0) is 4.79 Å². The summed E-state index contributed by atoms with van der Waals surface area (Å²) in [5.74, 6) is 0.0876. The second kappa shape index (κ2) is 4.28. The van der Waals surface area contributed by atoms with Gasteiger partial charge in [0.1, 0.15) is 0 Å². The van der Waals surface area contributed by atoms with E-state index in [4.69, 9.17) is 0 Å². The van der Waals surface area contributed by atoms with Crippen molar-refractivity contribution in [2.75, 3.05) is 20.1 Å². The monoisotopic (exact) mass is 200 g/mol. The van der Waals surface area contributed by atoms with Gasteiger partial charge in [0, 0.05) is 13.6 Å². The highest BCUT2D eigenvalue weighted by atomic mass is 16.3. The standard InChI is InChI=1S/C10H20N2O2/c1-10(2,14)7-12(3)9(13)8-5-4-6-11-8/h8,11,14H,4-7H2,1-3H3/t8-/m1/s1. The zero-order valence-corrected chi connectivity index (χ0v) is 9.21. The molecule has 1 rings (SSSR count). The number of carbonyl (C=O) groups excluding carboxylic acids is 1. The first kappa shape index (κ1) is 11.5. The second-order valence-electron chi connectivity index (χ2n) is 4.66. The van der Waals surface area contributed by atoms with E-state index in [0.717, 1.165) is 19.4 Å². The van der Waals surface area contributed by atoms with Crippen molar-refractivity contribution in [1.29, 1.82) is 0 Å². The highest BCUT2D eigenvalue weighted by molar-refractivity contribution is 5.82. The Morgan fingerprint density at radius 1 is 1.64 bits per heavy atom. The van der Waals surface area contributed by atoms with Crippen LogP contribution in [0, 0.1) is 0 Å². The van der Waals surface area contributed by atoms with Crippen molar-refractivity contribution in [3.8, 4) is 0 Å². The van der Waals surface area contributed by atoms with Crippen LogP contribution in [0.15, 0.2) is 0 Å². The largest absolute Gasteiger partial charge is 0.389 e. The summed E-state index contributed by atoms with van der Waals surface area (Å²) in [4.78, 5) is 13.4. The van der Waals surface area contributed by atoms with Gasteiger partial charge in [0.25, 0.3) is 0 Å². The van der Waals surface area contributed by atoms with Gasteiger partial charge in [-0.1, -0.05) is 0 Å². The molecule has 0 radical (unpaired) electrons. The number of nitrogens with zero attached hydrogens (tertiary/aromatic N) is 1. The average molecular weight is 200 g/mol. The molecule has 4 heteroatoms. The molecule has 82 valence electrons. The van der Waals surface area contributed by atoms with Gasteiger partial charge >= 0.3 is 0 Å². The molecule has 1 amide bonds. The fraction of sp³-hybridized carbons (Fsp3) is 0.900. The molecule has 1 saturated heterocycles. The summed E-state index contributed by atoms with van der Waals surface area (Å²) in [6, 6.07) is -0.0395. The Hall–Kier alpha value is -0.610. The Bertz CT molecular complexity index is 205. The topological polar surface area (TPSA) is 52.6 Å². The van der Waals surface area contributed by atoms with Crippen LogP contribution in [-0.4, -0.2) is 47.7 Å². The minimum Gasteiger partial charge on any atom is -0.389 e. The lowest BCUT2D eigenvalue weighted by Crippen LogP contribution is -2.46. The molecule has 0 aliphatic carbocycles. The fourth-order valence-electron chi connectivity index (χ4n) is 1.82. The zero-order chi connectivity index (χ0) is 10.8. The molecule has 0 aromatic rings. The van der Waals surface area contributed by atoms with Crippen LogP contribution in [0.2, 0.25) is 0 Å². The first-order valence-corrected chi connectivity index (χ1v) is 5.11. The van der Waals surface area contributed by atoms with Crippen molar-refractivity contribution in [3.63, 3.8) is 0 Å². The van der Waals surface area contributed by atoms with Gasteiger partial charge in [-0.25, -0.2) is 0 Å². The highest BCUT2D eigenvalue weighted by Crippen LogP contribution is 2.10. The smallest absolute Gasteiger partial charge is 0.239 e. The number of nitrogens with one attached hydrogen (secondary N) is 1. The van der Waals surface area contributed by atoms with Gasteiger partial charge in [-0.15, -0.1) is 0 Å². The van der Waals surface area contributed by atoms with Gasteiger partial charge < -0.3 is 15.3 Å².